The first kappa shape index (κ1) is 17.7. The third-order valence-electron chi connectivity index (χ3n) is 4.41. The molecule has 0 aliphatic carbocycles. The van der Waals surface area contributed by atoms with Gasteiger partial charge in [0.05, 0.1) is 17.4 Å². The number of hydrogen-bond acceptors (Lipinski definition) is 3. The first-order chi connectivity index (χ1) is 12.6. The molecule has 0 spiro atoms. The number of rotatable bonds is 6. The van der Waals surface area contributed by atoms with Gasteiger partial charge in [0.1, 0.15) is 0 Å². The Morgan fingerprint density at radius 3 is 2.62 bits per heavy atom. The monoisotopic (exact) mass is 349 g/mol. The molecule has 2 aromatic heterocycles. The van der Waals surface area contributed by atoms with Gasteiger partial charge in [-0.1, -0.05) is 18.2 Å². The Kier molecular flexibility index (Phi) is 5.63. The maximum atomic E-state index is 12.3. The summed E-state index contributed by atoms with van der Waals surface area (Å²) in [4.78, 5) is 18.3. The van der Waals surface area contributed by atoms with Crippen LogP contribution in [0.1, 0.15) is 24.2 Å². The van der Waals surface area contributed by atoms with Gasteiger partial charge in [-0.3, -0.25) is 4.98 Å². The zero-order valence-electron chi connectivity index (χ0n) is 15.0. The summed E-state index contributed by atoms with van der Waals surface area (Å²) in [6.07, 6.45) is 6.18. The van der Waals surface area contributed by atoms with Gasteiger partial charge in [-0.05, 0) is 49.2 Å². The van der Waals surface area contributed by atoms with Crippen LogP contribution in [0, 0.1) is 0 Å². The molecule has 0 bridgehead atoms. The number of aromatic nitrogens is 3. The third-order valence-corrected chi connectivity index (χ3v) is 4.41. The Bertz CT molecular complexity index is 815. The molecule has 1 unspecified atom stereocenters. The van der Waals surface area contributed by atoms with Crippen LogP contribution in [0.4, 0.5) is 4.79 Å². The van der Waals surface area contributed by atoms with E-state index in [-0.39, 0.29) is 12.1 Å². The third kappa shape index (κ3) is 4.27. The van der Waals surface area contributed by atoms with Crippen LogP contribution in [0.5, 0.6) is 0 Å². The highest BCUT2D eigenvalue weighted by Gasteiger charge is 2.17. The second kappa shape index (κ2) is 8.29. The largest absolute Gasteiger partial charge is 0.338 e. The molecule has 134 valence electrons. The maximum Gasteiger partial charge on any atom is 0.317 e. The van der Waals surface area contributed by atoms with Crippen molar-refractivity contribution in [3.8, 4) is 5.69 Å². The summed E-state index contributed by atoms with van der Waals surface area (Å²) in [6, 6.07) is 15.6. The van der Waals surface area contributed by atoms with Gasteiger partial charge in [-0.2, -0.15) is 5.10 Å². The molecule has 0 aliphatic rings. The molecule has 2 heterocycles. The van der Waals surface area contributed by atoms with Crippen LogP contribution in [-0.4, -0.2) is 39.3 Å². The quantitative estimate of drug-likeness (QED) is 0.743. The number of carbonyl (C=O) groups excluding carboxylic acids is 1. The van der Waals surface area contributed by atoms with E-state index in [1.54, 1.807) is 24.3 Å². The lowest BCUT2D eigenvalue weighted by atomic mass is 10.1. The summed E-state index contributed by atoms with van der Waals surface area (Å²) in [7, 11) is 1.79. The van der Waals surface area contributed by atoms with E-state index in [1.165, 1.54) is 5.56 Å². The fourth-order valence-corrected chi connectivity index (χ4v) is 2.67. The lowest BCUT2D eigenvalue weighted by Crippen LogP contribution is -2.39. The summed E-state index contributed by atoms with van der Waals surface area (Å²) in [5.74, 6) is 0. The van der Waals surface area contributed by atoms with E-state index in [1.807, 2.05) is 54.2 Å². The SMILES string of the molecule is CC(c1ccccn1)N(C)C(=O)NCCc1ccc(-n2cccn2)cc1. The van der Waals surface area contributed by atoms with E-state index >= 15 is 0 Å². The molecule has 26 heavy (non-hydrogen) atoms. The molecule has 3 aromatic rings. The van der Waals surface area contributed by atoms with Crippen molar-refractivity contribution in [1.82, 2.24) is 25.0 Å². The molecule has 0 saturated carbocycles. The number of hydrogen-bond donors (Lipinski definition) is 1. The highest BCUT2D eigenvalue weighted by molar-refractivity contribution is 5.74. The van der Waals surface area contributed by atoms with Crippen LogP contribution < -0.4 is 5.32 Å². The van der Waals surface area contributed by atoms with E-state index in [0.29, 0.717) is 6.54 Å². The van der Waals surface area contributed by atoms with Crippen molar-refractivity contribution in [2.75, 3.05) is 13.6 Å². The topological polar surface area (TPSA) is 63.1 Å². The normalized spacial score (nSPS) is 11.8. The summed E-state index contributed by atoms with van der Waals surface area (Å²) in [5.41, 5.74) is 3.06. The van der Waals surface area contributed by atoms with Gasteiger partial charge in [0.15, 0.2) is 0 Å². The Balaban J connectivity index is 1.49. The molecule has 2 amide bonds. The first-order valence-electron chi connectivity index (χ1n) is 8.65. The Morgan fingerprint density at radius 2 is 1.96 bits per heavy atom. The molecule has 0 fully saturated rings. The smallest absolute Gasteiger partial charge is 0.317 e. The maximum absolute atomic E-state index is 12.3. The Labute approximate surface area is 153 Å². The number of carbonyl (C=O) groups is 1. The minimum atomic E-state index is -0.101. The molecule has 1 N–H and O–H groups in total. The van der Waals surface area contributed by atoms with Gasteiger partial charge >= 0.3 is 6.03 Å². The zero-order valence-corrected chi connectivity index (χ0v) is 15.0. The van der Waals surface area contributed by atoms with E-state index in [2.05, 4.69) is 27.5 Å². The van der Waals surface area contributed by atoms with Crippen molar-refractivity contribution in [1.29, 1.82) is 0 Å². The first-order valence-corrected chi connectivity index (χ1v) is 8.65. The lowest BCUT2D eigenvalue weighted by molar-refractivity contribution is 0.193. The van der Waals surface area contributed by atoms with Gasteiger partial charge in [0.2, 0.25) is 0 Å². The predicted molar refractivity (Wildman–Crippen MR) is 101 cm³/mol. The average Bonchev–Trinajstić information content (AvgIpc) is 3.23. The second-order valence-electron chi connectivity index (χ2n) is 6.14. The van der Waals surface area contributed by atoms with E-state index in [9.17, 15) is 4.79 Å². The lowest BCUT2D eigenvalue weighted by Gasteiger charge is -2.24. The van der Waals surface area contributed by atoms with Crippen LogP contribution in [0.3, 0.4) is 0 Å². The molecule has 3 rings (SSSR count). The number of pyridine rings is 1. The van der Waals surface area contributed by atoms with Crippen LogP contribution in [0.2, 0.25) is 0 Å². The summed E-state index contributed by atoms with van der Waals surface area (Å²) in [5, 5.41) is 7.18. The molecule has 0 aliphatic heterocycles. The van der Waals surface area contributed by atoms with Gasteiger partial charge in [-0.25, -0.2) is 9.48 Å². The Morgan fingerprint density at radius 1 is 1.15 bits per heavy atom. The predicted octanol–water partition coefficient (Wildman–Crippen LogP) is 3.21. The molecule has 1 atom stereocenters. The van der Waals surface area contributed by atoms with E-state index < -0.39 is 0 Å². The van der Waals surface area contributed by atoms with Crippen molar-refractivity contribution in [3.63, 3.8) is 0 Å². The number of urea groups is 1. The second-order valence-corrected chi connectivity index (χ2v) is 6.14. The fourth-order valence-electron chi connectivity index (χ4n) is 2.67. The zero-order chi connectivity index (χ0) is 18.4. The number of benzene rings is 1. The minimum Gasteiger partial charge on any atom is -0.338 e. The molecular formula is C20H23N5O. The van der Waals surface area contributed by atoms with Crippen molar-refractivity contribution >= 4 is 6.03 Å². The van der Waals surface area contributed by atoms with Gasteiger partial charge in [0, 0.05) is 32.2 Å². The molecule has 6 nitrogen and oxygen atoms in total. The fraction of sp³-hybridized carbons (Fsp3) is 0.250. The molecule has 1 aromatic carbocycles. The van der Waals surface area contributed by atoms with E-state index in [0.717, 1.165) is 17.8 Å². The van der Waals surface area contributed by atoms with E-state index in [4.69, 9.17) is 0 Å². The van der Waals surface area contributed by atoms with Crippen molar-refractivity contribution in [2.24, 2.45) is 0 Å². The molecular weight excluding hydrogens is 326 g/mol. The van der Waals surface area contributed by atoms with Gasteiger partial charge in [0.25, 0.3) is 0 Å². The average molecular weight is 349 g/mol. The summed E-state index contributed by atoms with van der Waals surface area (Å²) >= 11 is 0. The molecule has 6 heteroatoms. The number of amides is 2. The Hall–Kier alpha value is -3.15. The highest BCUT2D eigenvalue weighted by atomic mass is 16.2. The molecule has 0 saturated heterocycles. The van der Waals surface area contributed by atoms with Crippen molar-refractivity contribution in [3.05, 3.63) is 78.4 Å². The van der Waals surface area contributed by atoms with Crippen LogP contribution in [-0.2, 0) is 6.42 Å². The molecule has 0 radical (unpaired) electrons. The standard InChI is InChI=1S/C20H23N5O/c1-16(19-6-3-4-12-21-19)24(2)20(26)22-14-11-17-7-9-18(10-8-17)25-15-5-13-23-25/h3-10,12-13,15-16H,11,14H2,1-2H3,(H,22,26). The summed E-state index contributed by atoms with van der Waals surface area (Å²) < 4.78 is 1.82. The van der Waals surface area contributed by atoms with Crippen LogP contribution in [0.15, 0.2) is 67.1 Å². The number of nitrogens with zero attached hydrogens (tertiary/aromatic N) is 4. The number of nitrogens with one attached hydrogen (secondary N) is 1. The van der Waals surface area contributed by atoms with Crippen molar-refractivity contribution < 1.29 is 4.79 Å². The minimum absolute atomic E-state index is 0.0791. The van der Waals surface area contributed by atoms with Crippen LogP contribution >= 0.6 is 0 Å². The van der Waals surface area contributed by atoms with Crippen LogP contribution in [0.25, 0.3) is 5.69 Å². The van der Waals surface area contributed by atoms with Gasteiger partial charge in [-0.15, -0.1) is 0 Å². The van der Waals surface area contributed by atoms with Crippen molar-refractivity contribution in [2.45, 2.75) is 19.4 Å². The highest BCUT2D eigenvalue weighted by Crippen LogP contribution is 2.15. The summed E-state index contributed by atoms with van der Waals surface area (Å²) in [6.45, 7) is 2.55. The van der Waals surface area contributed by atoms with Gasteiger partial charge < -0.3 is 10.2 Å².